The van der Waals surface area contributed by atoms with Crippen LogP contribution < -0.4 is 5.32 Å². The summed E-state index contributed by atoms with van der Waals surface area (Å²) in [6.45, 7) is 2.25. The predicted molar refractivity (Wildman–Crippen MR) is 77.2 cm³/mol. The molecule has 4 heteroatoms. The van der Waals surface area contributed by atoms with Gasteiger partial charge >= 0.3 is 0 Å². The molecule has 2 N–H and O–H groups in total. The van der Waals surface area contributed by atoms with Crippen molar-refractivity contribution in [3.63, 3.8) is 0 Å². The van der Waals surface area contributed by atoms with Crippen LogP contribution in [-0.2, 0) is 11.2 Å². The lowest BCUT2D eigenvalue weighted by Crippen LogP contribution is -2.29. The fourth-order valence-corrected chi connectivity index (χ4v) is 2.57. The molecular weight excluding hydrogens is 258 g/mol. The quantitative estimate of drug-likeness (QED) is 0.880. The number of aliphatic hydroxyl groups is 1. The maximum atomic E-state index is 11.8. The van der Waals surface area contributed by atoms with Crippen molar-refractivity contribution in [1.29, 1.82) is 0 Å². The number of aryl methyl sites for hydroxylation is 1. The summed E-state index contributed by atoms with van der Waals surface area (Å²) in [6.07, 6.45) is -0.286. The zero-order chi connectivity index (χ0) is 13.7. The average molecular weight is 275 g/mol. The molecule has 2 rings (SSSR count). The van der Waals surface area contributed by atoms with Crippen LogP contribution in [0.15, 0.2) is 41.1 Å². The van der Waals surface area contributed by atoms with Crippen LogP contribution in [-0.4, -0.2) is 17.6 Å². The fourth-order valence-electron chi connectivity index (χ4n) is 1.86. The first-order valence-electron chi connectivity index (χ1n) is 6.17. The summed E-state index contributed by atoms with van der Waals surface area (Å²) in [5, 5.41) is 16.4. The molecule has 100 valence electrons. The Morgan fingerprint density at radius 2 is 2.26 bits per heavy atom. The molecule has 0 aliphatic rings. The Morgan fingerprint density at radius 1 is 1.42 bits per heavy atom. The number of rotatable bonds is 5. The van der Waals surface area contributed by atoms with E-state index in [1.807, 2.05) is 48.0 Å². The smallest absolute Gasteiger partial charge is 0.224 e. The van der Waals surface area contributed by atoms with Crippen molar-refractivity contribution in [3.8, 4) is 0 Å². The molecule has 0 bridgehead atoms. The molecule has 19 heavy (non-hydrogen) atoms. The maximum absolute atomic E-state index is 11.8. The lowest BCUT2D eigenvalue weighted by Gasteiger charge is -2.10. The molecular formula is C15H17NO2S. The number of hydrogen-bond donors (Lipinski definition) is 2. The molecule has 0 spiro atoms. The van der Waals surface area contributed by atoms with Gasteiger partial charge in [0.05, 0.1) is 12.5 Å². The normalized spacial score (nSPS) is 12.1. The minimum absolute atomic E-state index is 0.0696. The highest BCUT2D eigenvalue weighted by Gasteiger charge is 2.10. The van der Waals surface area contributed by atoms with Gasteiger partial charge in [0.1, 0.15) is 0 Å². The zero-order valence-corrected chi connectivity index (χ0v) is 11.6. The molecule has 0 radical (unpaired) electrons. The van der Waals surface area contributed by atoms with Gasteiger partial charge in [-0.15, -0.1) is 0 Å². The number of hydrogen-bond acceptors (Lipinski definition) is 3. The monoisotopic (exact) mass is 275 g/mol. The molecule has 1 heterocycles. The Bertz CT molecular complexity index is 537. The SMILES string of the molecule is Cc1cccc(CC(=O)NC[C@H](O)c2ccsc2)c1. The molecule has 3 nitrogen and oxygen atoms in total. The number of thiophene rings is 1. The molecule has 0 saturated carbocycles. The third-order valence-corrected chi connectivity index (χ3v) is 3.57. The molecule has 1 aromatic carbocycles. The number of aliphatic hydroxyl groups excluding tert-OH is 1. The van der Waals surface area contributed by atoms with Crippen LogP contribution in [0.3, 0.4) is 0 Å². The lowest BCUT2D eigenvalue weighted by atomic mass is 10.1. The Morgan fingerprint density at radius 3 is 2.95 bits per heavy atom. The van der Waals surface area contributed by atoms with Crippen molar-refractivity contribution in [1.82, 2.24) is 5.32 Å². The average Bonchev–Trinajstić information content (AvgIpc) is 2.90. The van der Waals surface area contributed by atoms with E-state index in [2.05, 4.69) is 5.32 Å². The lowest BCUT2D eigenvalue weighted by molar-refractivity contribution is -0.120. The van der Waals surface area contributed by atoms with Crippen LogP contribution in [0, 0.1) is 6.92 Å². The molecule has 0 fully saturated rings. The second-order valence-electron chi connectivity index (χ2n) is 4.54. The van der Waals surface area contributed by atoms with E-state index < -0.39 is 6.10 Å². The molecule has 1 aromatic heterocycles. The number of nitrogens with one attached hydrogen (secondary N) is 1. The van der Waals surface area contributed by atoms with Gasteiger partial charge in [0.25, 0.3) is 0 Å². The van der Waals surface area contributed by atoms with Gasteiger partial charge in [0.15, 0.2) is 0 Å². The van der Waals surface area contributed by atoms with Gasteiger partial charge in [-0.1, -0.05) is 29.8 Å². The first-order valence-corrected chi connectivity index (χ1v) is 7.12. The summed E-state index contributed by atoms with van der Waals surface area (Å²) >= 11 is 1.53. The van der Waals surface area contributed by atoms with Crippen molar-refractivity contribution in [2.24, 2.45) is 0 Å². The number of amides is 1. The topological polar surface area (TPSA) is 49.3 Å². The third kappa shape index (κ3) is 4.19. The first-order chi connectivity index (χ1) is 9.15. The summed E-state index contributed by atoms with van der Waals surface area (Å²) in [7, 11) is 0. The Kier molecular flexibility index (Phi) is 4.71. The van der Waals surface area contributed by atoms with E-state index in [4.69, 9.17) is 0 Å². The molecule has 1 atom stereocenters. The van der Waals surface area contributed by atoms with Crippen molar-refractivity contribution < 1.29 is 9.90 Å². The van der Waals surface area contributed by atoms with Gasteiger partial charge in [-0.25, -0.2) is 0 Å². The standard InChI is InChI=1S/C15H17NO2S/c1-11-3-2-4-12(7-11)8-15(18)16-9-14(17)13-5-6-19-10-13/h2-7,10,14,17H,8-9H2,1H3,(H,16,18)/t14-/m0/s1. The number of carbonyl (C=O) groups is 1. The van der Waals surface area contributed by atoms with Crippen LogP contribution in [0.1, 0.15) is 22.8 Å². The number of benzene rings is 1. The minimum Gasteiger partial charge on any atom is -0.387 e. The van der Waals surface area contributed by atoms with E-state index in [1.54, 1.807) is 0 Å². The van der Waals surface area contributed by atoms with Crippen molar-refractivity contribution >= 4 is 17.2 Å². The van der Waals surface area contributed by atoms with Gasteiger partial charge in [-0.2, -0.15) is 11.3 Å². The third-order valence-electron chi connectivity index (χ3n) is 2.87. The molecule has 1 amide bonds. The molecule has 0 unspecified atom stereocenters. The predicted octanol–water partition coefficient (Wildman–Crippen LogP) is 2.45. The largest absolute Gasteiger partial charge is 0.387 e. The second-order valence-corrected chi connectivity index (χ2v) is 5.32. The maximum Gasteiger partial charge on any atom is 0.224 e. The molecule has 0 aliphatic carbocycles. The van der Waals surface area contributed by atoms with E-state index in [-0.39, 0.29) is 12.5 Å². The summed E-state index contributed by atoms with van der Waals surface area (Å²) in [5.41, 5.74) is 2.98. The van der Waals surface area contributed by atoms with Gasteiger partial charge in [0, 0.05) is 6.54 Å². The molecule has 0 aliphatic heterocycles. The second kappa shape index (κ2) is 6.50. The molecule has 0 saturated heterocycles. The van der Waals surface area contributed by atoms with Crippen LogP contribution in [0.4, 0.5) is 0 Å². The van der Waals surface area contributed by atoms with Crippen molar-refractivity contribution in [2.75, 3.05) is 6.54 Å². The summed E-state index contributed by atoms with van der Waals surface area (Å²) in [4.78, 5) is 11.8. The van der Waals surface area contributed by atoms with Gasteiger partial charge in [0.2, 0.25) is 5.91 Å². The Labute approximate surface area is 116 Å². The van der Waals surface area contributed by atoms with E-state index >= 15 is 0 Å². The number of carbonyl (C=O) groups excluding carboxylic acids is 1. The van der Waals surface area contributed by atoms with Crippen molar-refractivity contribution in [3.05, 3.63) is 57.8 Å². The van der Waals surface area contributed by atoms with E-state index in [0.717, 1.165) is 16.7 Å². The van der Waals surface area contributed by atoms with Gasteiger partial charge < -0.3 is 10.4 Å². The van der Waals surface area contributed by atoms with Gasteiger partial charge in [-0.3, -0.25) is 4.79 Å². The summed E-state index contributed by atoms with van der Waals surface area (Å²) in [5.74, 6) is -0.0696. The van der Waals surface area contributed by atoms with E-state index in [9.17, 15) is 9.90 Å². The minimum atomic E-state index is -0.632. The van der Waals surface area contributed by atoms with E-state index in [0.29, 0.717) is 6.42 Å². The fraction of sp³-hybridized carbons (Fsp3) is 0.267. The highest BCUT2D eigenvalue weighted by atomic mass is 32.1. The van der Waals surface area contributed by atoms with Crippen molar-refractivity contribution in [2.45, 2.75) is 19.4 Å². The van der Waals surface area contributed by atoms with E-state index in [1.165, 1.54) is 11.3 Å². The summed E-state index contributed by atoms with van der Waals surface area (Å²) < 4.78 is 0. The van der Waals surface area contributed by atoms with Gasteiger partial charge in [-0.05, 0) is 34.9 Å². The first kappa shape index (κ1) is 13.8. The Hall–Kier alpha value is -1.65. The Balaban J connectivity index is 1.82. The molecule has 2 aromatic rings. The highest BCUT2D eigenvalue weighted by Crippen LogP contribution is 2.15. The summed E-state index contributed by atoms with van der Waals surface area (Å²) in [6, 6.07) is 9.73. The van der Waals surface area contributed by atoms with Crippen LogP contribution >= 0.6 is 11.3 Å². The van der Waals surface area contributed by atoms with Crippen LogP contribution in [0.2, 0.25) is 0 Å². The zero-order valence-electron chi connectivity index (χ0n) is 10.8. The highest BCUT2D eigenvalue weighted by molar-refractivity contribution is 7.07. The van der Waals surface area contributed by atoms with Crippen LogP contribution in [0.5, 0.6) is 0 Å². The van der Waals surface area contributed by atoms with Crippen LogP contribution in [0.25, 0.3) is 0 Å².